The highest BCUT2D eigenvalue weighted by atomic mass is 14.0. The summed E-state index contributed by atoms with van der Waals surface area (Å²) in [6, 6.07) is 39.5. The second kappa shape index (κ2) is 31.9. The van der Waals surface area contributed by atoms with Crippen LogP contribution in [0.4, 0.5) is 0 Å². The average Bonchev–Trinajstić information content (AvgIpc) is 2.96. The fourth-order valence-electron chi connectivity index (χ4n) is 2.45. The summed E-state index contributed by atoms with van der Waals surface area (Å²) in [5, 5.41) is 0. The van der Waals surface area contributed by atoms with Crippen LogP contribution in [0.2, 0.25) is 0 Å². The lowest BCUT2D eigenvalue weighted by molar-refractivity contribution is 1.47. The van der Waals surface area contributed by atoms with Gasteiger partial charge in [0.25, 0.3) is 0 Å². The molecule has 0 saturated heterocycles. The molecule has 0 amide bonds. The zero-order valence-corrected chi connectivity index (χ0v) is 24.5. The van der Waals surface area contributed by atoms with Crippen molar-refractivity contribution in [1.29, 1.82) is 0 Å². The summed E-state index contributed by atoms with van der Waals surface area (Å²) in [4.78, 5) is 0. The second-order valence-electron chi connectivity index (χ2n) is 6.54. The van der Waals surface area contributed by atoms with Crippen LogP contribution in [0, 0.1) is 20.8 Å². The van der Waals surface area contributed by atoms with E-state index in [9.17, 15) is 0 Å². The van der Waals surface area contributed by atoms with Gasteiger partial charge in [-0.05, 0) is 31.9 Å². The summed E-state index contributed by atoms with van der Waals surface area (Å²) in [7, 11) is 0. The van der Waals surface area contributed by atoms with Crippen molar-refractivity contribution in [1.82, 2.24) is 0 Å². The van der Waals surface area contributed by atoms with Crippen LogP contribution in [0.1, 0.15) is 79.5 Å². The van der Waals surface area contributed by atoms with Crippen LogP contribution in [0.25, 0.3) is 11.1 Å². The third kappa shape index (κ3) is 22.7. The highest BCUT2D eigenvalue weighted by molar-refractivity contribution is 5.63. The summed E-state index contributed by atoms with van der Waals surface area (Å²) < 4.78 is 0. The van der Waals surface area contributed by atoms with E-state index in [1.807, 2.05) is 97.9 Å². The summed E-state index contributed by atoms with van der Waals surface area (Å²) in [5.74, 6) is 0. The van der Waals surface area contributed by atoms with Gasteiger partial charge in [0.15, 0.2) is 0 Å². The Morgan fingerprint density at radius 1 is 0.278 bits per heavy atom. The topological polar surface area (TPSA) is 0 Å². The Morgan fingerprint density at radius 3 is 0.750 bits per heavy atom. The Balaban J connectivity index is -0.000000193. The van der Waals surface area contributed by atoms with Crippen molar-refractivity contribution in [2.75, 3.05) is 0 Å². The minimum Gasteiger partial charge on any atom is -0.0776 e. The molecule has 0 nitrogen and oxygen atoms in total. The van der Waals surface area contributed by atoms with E-state index in [4.69, 9.17) is 0 Å². The Labute approximate surface area is 226 Å². The summed E-state index contributed by atoms with van der Waals surface area (Å²) in [6.45, 7) is 22.3. The number of rotatable bonds is 1. The zero-order valence-electron chi connectivity index (χ0n) is 24.5. The predicted octanol–water partition coefficient (Wildman–Crippen LogP) is 12.4. The molecule has 0 heteroatoms. The van der Waals surface area contributed by atoms with Crippen molar-refractivity contribution in [2.24, 2.45) is 0 Å². The molecule has 0 aliphatic heterocycles. The van der Waals surface area contributed by atoms with Crippen molar-refractivity contribution < 1.29 is 0 Å². The van der Waals surface area contributed by atoms with Gasteiger partial charge in [-0.2, -0.15) is 0 Å². The standard InChI is InChI=1S/C13H12.2C7H8.4C2H6.CH4/c1-11-7-9-13(10-8-11)12-5-3-2-4-6-12;2*1-7-5-3-2-4-6-7;4*1-2;/h2-10H,1H3;2*2-6H,1H3;4*1-2H3;1H4. The van der Waals surface area contributed by atoms with Gasteiger partial charge in [0.2, 0.25) is 0 Å². The normalized spacial score (nSPS) is 7.64. The molecule has 0 saturated carbocycles. The minimum atomic E-state index is 0. The quantitative estimate of drug-likeness (QED) is 0.250. The highest BCUT2D eigenvalue weighted by Crippen LogP contribution is 2.18. The van der Waals surface area contributed by atoms with Crippen LogP contribution in [0.3, 0.4) is 0 Å². The van der Waals surface area contributed by atoms with Gasteiger partial charge in [0.1, 0.15) is 0 Å². The van der Waals surface area contributed by atoms with E-state index < -0.39 is 0 Å². The summed E-state index contributed by atoms with van der Waals surface area (Å²) >= 11 is 0. The third-order valence-electron chi connectivity index (χ3n) is 4.04. The maximum Gasteiger partial charge on any atom is -0.0184 e. The Bertz CT molecular complexity index is 824. The Hall–Kier alpha value is -3.12. The van der Waals surface area contributed by atoms with Crippen molar-refractivity contribution in [3.05, 3.63) is 132 Å². The molecular formula is C36H56. The molecule has 0 spiro atoms. The lowest BCUT2D eigenvalue weighted by Gasteiger charge is -2.00. The first-order chi connectivity index (χ1) is 17.1. The van der Waals surface area contributed by atoms with Crippen LogP contribution in [0.15, 0.2) is 115 Å². The van der Waals surface area contributed by atoms with Gasteiger partial charge in [-0.3, -0.25) is 0 Å². The molecule has 4 rings (SSSR count). The van der Waals surface area contributed by atoms with Crippen LogP contribution < -0.4 is 0 Å². The van der Waals surface area contributed by atoms with Gasteiger partial charge >= 0.3 is 0 Å². The molecule has 36 heavy (non-hydrogen) atoms. The molecule has 4 aromatic carbocycles. The van der Waals surface area contributed by atoms with Crippen molar-refractivity contribution >= 4 is 0 Å². The molecule has 0 aliphatic carbocycles. The molecule has 0 radical (unpaired) electrons. The first-order valence-corrected chi connectivity index (χ1v) is 13.3. The van der Waals surface area contributed by atoms with Crippen molar-refractivity contribution in [3.63, 3.8) is 0 Å². The molecule has 0 fully saturated rings. The molecule has 0 aliphatic rings. The average molecular weight is 489 g/mol. The van der Waals surface area contributed by atoms with Crippen LogP contribution >= 0.6 is 0 Å². The molecule has 4 aromatic rings. The van der Waals surface area contributed by atoms with E-state index in [-0.39, 0.29) is 7.43 Å². The van der Waals surface area contributed by atoms with Crippen LogP contribution in [-0.2, 0) is 0 Å². The molecule has 0 heterocycles. The smallest absolute Gasteiger partial charge is 0.0184 e. The molecule has 0 atom stereocenters. The van der Waals surface area contributed by atoms with Gasteiger partial charge in [-0.15, -0.1) is 0 Å². The second-order valence-corrected chi connectivity index (χ2v) is 6.54. The van der Waals surface area contributed by atoms with E-state index >= 15 is 0 Å². The van der Waals surface area contributed by atoms with Gasteiger partial charge in [-0.1, -0.05) is 195 Å². The first kappa shape index (κ1) is 40.1. The van der Waals surface area contributed by atoms with Crippen LogP contribution in [0.5, 0.6) is 0 Å². The number of benzene rings is 4. The molecule has 200 valence electrons. The van der Waals surface area contributed by atoms with Crippen LogP contribution in [-0.4, -0.2) is 0 Å². The molecular weight excluding hydrogens is 432 g/mol. The van der Waals surface area contributed by atoms with E-state index in [1.165, 1.54) is 27.8 Å². The first-order valence-electron chi connectivity index (χ1n) is 13.3. The van der Waals surface area contributed by atoms with Gasteiger partial charge in [0.05, 0.1) is 0 Å². The van der Waals surface area contributed by atoms with E-state index in [2.05, 4.69) is 93.6 Å². The maximum absolute atomic E-state index is 2.16. The third-order valence-corrected chi connectivity index (χ3v) is 4.04. The van der Waals surface area contributed by atoms with E-state index in [0.717, 1.165) is 0 Å². The van der Waals surface area contributed by atoms with Gasteiger partial charge in [0, 0.05) is 0 Å². The fourth-order valence-corrected chi connectivity index (χ4v) is 2.45. The number of hydrogen-bond acceptors (Lipinski definition) is 0. The predicted molar refractivity (Wildman–Crippen MR) is 171 cm³/mol. The van der Waals surface area contributed by atoms with E-state index in [0.29, 0.717) is 0 Å². The fraction of sp³-hybridized carbons (Fsp3) is 0.333. The van der Waals surface area contributed by atoms with Gasteiger partial charge < -0.3 is 0 Å². The molecule has 0 aromatic heterocycles. The van der Waals surface area contributed by atoms with E-state index in [1.54, 1.807) is 0 Å². The molecule has 0 unspecified atom stereocenters. The van der Waals surface area contributed by atoms with Gasteiger partial charge in [-0.25, -0.2) is 0 Å². The monoisotopic (exact) mass is 488 g/mol. The molecule has 0 N–H and O–H groups in total. The SMILES string of the molecule is C.CC.CC.CC.CC.Cc1ccc(-c2ccccc2)cc1.Cc1ccccc1.Cc1ccccc1. The highest BCUT2D eigenvalue weighted by Gasteiger charge is 1.93. The summed E-state index contributed by atoms with van der Waals surface area (Å²) in [6.07, 6.45) is 0. The summed E-state index contributed by atoms with van der Waals surface area (Å²) in [5.41, 5.74) is 6.51. The number of hydrogen-bond donors (Lipinski definition) is 0. The maximum atomic E-state index is 2.16. The molecule has 0 bridgehead atoms. The number of aryl methyl sites for hydroxylation is 3. The largest absolute Gasteiger partial charge is 0.0776 e. The van der Waals surface area contributed by atoms with Crippen molar-refractivity contribution in [3.8, 4) is 11.1 Å². The lowest BCUT2D eigenvalue weighted by Crippen LogP contribution is -1.76. The minimum absolute atomic E-state index is 0. The Morgan fingerprint density at radius 2 is 0.500 bits per heavy atom. The lowest BCUT2D eigenvalue weighted by atomic mass is 10.0. The Kier molecular flexibility index (Phi) is 35.5. The van der Waals surface area contributed by atoms with Crippen molar-refractivity contribution in [2.45, 2.75) is 83.6 Å². The zero-order chi connectivity index (χ0) is 27.3.